The first-order chi connectivity index (χ1) is 11.1. The first kappa shape index (κ1) is 17.0. The number of hydrogen-bond acceptors (Lipinski definition) is 4. The molecule has 1 amide bonds. The van der Waals surface area contributed by atoms with Gasteiger partial charge in [0.05, 0.1) is 13.3 Å². The maximum atomic E-state index is 13.0. The van der Waals surface area contributed by atoms with E-state index in [-0.39, 0.29) is 12.4 Å². The van der Waals surface area contributed by atoms with E-state index in [4.69, 9.17) is 9.47 Å². The highest BCUT2D eigenvalue weighted by atomic mass is 79.9. The summed E-state index contributed by atoms with van der Waals surface area (Å²) in [4.78, 5) is 11.6. The Kier molecular flexibility index (Phi) is 6.10. The number of nitrogens with zero attached hydrogens (tertiary/aromatic N) is 1. The Bertz CT molecular complexity index is 722. The van der Waals surface area contributed by atoms with Crippen LogP contribution in [0.2, 0.25) is 0 Å². The molecule has 2 aromatic carbocycles. The second-order valence-electron chi connectivity index (χ2n) is 4.43. The maximum Gasteiger partial charge on any atom is 0.277 e. The van der Waals surface area contributed by atoms with Crippen molar-refractivity contribution in [3.63, 3.8) is 0 Å². The largest absolute Gasteiger partial charge is 0.496 e. The summed E-state index contributed by atoms with van der Waals surface area (Å²) in [5.41, 5.74) is 3.03. The Balaban J connectivity index is 1.88. The summed E-state index contributed by atoms with van der Waals surface area (Å²) in [7, 11) is 1.55. The number of hydrazone groups is 1. The minimum atomic E-state index is -0.459. The molecule has 0 unspecified atom stereocenters. The lowest BCUT2D eigenvalue weighted by Crippen LogP contribution is -2.24. The number of halogens is 2. The lowest BCUT2D eigenvalue weighted by Gasteiger charge is -2.06. The third-order valence-corrected chi connectivity index (χ3v) is 3.24. The molecule has 0 radical (unpaired) electrons. The van der Waals surface area contributed by atoms with Crippen molar-refractivity contribution < 1.29 is 18.7 Å². The van der Waals surface area contributed by atoms with Crippen molar-refractivity contribution in [2.24, 2.45) is 5.10 Å². The molecule has 0 bridgehead atoms. The van der Waals surface area contributed by atoms with Gasteiger partial charge in [0, 0.05) is 16.1 Å². The van der Waals surface area contributed by atoms with Gasteiger partial charge in [0.1, 0.15) is 17.3 Å². The van der Waals surface area contributed by atoms with Crippen LogP contribution in [0.3, 0.4) is 0 Å². The minimum Gasteiger partial charge on any atom is -0.496 e. The second kappa shape index (κ2) is 8.28. The zero-order chi connectivity index (χ0) is 16.7. The van der Waals surface area contributed by atoms with E-state index >= 15 is 0 Å². The third-order valence-electron chi connectivity index (χ3n) is 2.75. The smallest absolute Gasteiger partial charge is 0.277 e. The van der Waals surface area contributed by atoms with E-state index in [0.717, 1.165) is 4.47 Å². The van der Waals surface area contributed by atoms with Gasteiger partial charge >= 0.3 is 0 Å². The SMILES string of the molecule is COc1ccc(Br)cc1/C=N\NC(=O)COc1cccc(F)c1. The van der Waals surface area contributed by atoms with Crippen LogP contribution in [0.5, 0.6) is 11.5 Å². The average molecular weight is 381 g/mol. The number of amides is 1. The summed E-state index contributed by atoms with van der Waals surface area (Å²) >= 11 is 3.35. The fraction of sp³-hybridized carbons (Fsp3) is 0.125. The summed E-state index contributed by atoms with van der Waals surface area (Å²) in [5.74, 6) is 0.0159. The molecule has 2 aromatic rings. The highest BCUT2D eigenvalue weighted by Gasteiger charge is 2.04. The summed E-state index contributed by atoms with van der Waals surface area (Å²) in [5, 5.41) is 3.84. The number of carbonyl (C=O) groups is 1. The van der Waals surface area contributed by atoms with E-state index < -0.39 is 11.7 Å². The number of hydrogen-bond donors (Lipinski definition) is 1. The lowest BCUT2D eigenvalue weighted by molar-refractivity contribution is -0.123. The van der Waals surface area contributed by atoms with Crippen molar-refractivity contribution in [2.45, 2.75) is 0 Å². The van der Waals surface area contributed by atoms with Crippen LogP contribution in [-0.2, 0) is 4.79 Å². The van der Waals surface area contributed by atoms with E-state index in [1.165, 1.54) is 24.4 Å². The normalized spacial score (nSPS) is 10.6. The molecule has 5 nitrogen and oxygen atoms in total. The summed E-state index contributed by atoms with van der Waals surface area (Å²) in [6, 6.07) is 11.0. The van der Waals surface area contributed by atoms with Gasteiger partial charge in [-0.1, -0.05) is 22.0 Å². The molecular weight excluding hydrogens is 367 g/mol. The molecule has 0 fully saturated rings. The molecule has 0 aromatic heterocycles. The molecule has 120 valence electrons. The molecule has 0 saturated carbocycles. The Morgan fingerprint density at radius 1 is 1.35 bits per heavy atom. The number of methoxy groups -OCH3 is 1. The summed E-state index contributed by atoms with van der Waals surface area (Å²) in [6.45, 7) is -0.267. The molecule has 0 heterocycles. The van der Waals surface area contributed by atoms with E-state index in [1.807, 2.05) is 6.07 Å². The molecule has 1 N–H and O–H groups in total. The highest BCUT2D eigenvalue weighted by molar-refractivity contribution is 9.10. The number of rotatable bonds is 6. The zero-order valence-corrected chi connectivity index (χ0v) is 13.8. The van der Waals surface area contributed by atoms with Crippen molar-refractivity contribution in [2.75, 3.05) is 13.7 Å². The Labute approximate surface area is 141 Å². The number of carbonyl (C=O) groups excluding carboxylic acids is 1. The number of ether oxygens (including phenoxy) is 2. The molecule has 23 heavy (non-hydrogen) atoms. The predicted molar refractivity (Wildman–Crippen MR) is 88.3 cm³/mol. The van der Waals surface area contributed by atoms with E-state index in [9.17, 15) is 9.18 Å². The van der Waals surface area contributed by atoms with Gasteiger partial charge in [0.25, 0.3) is 5.91 Å². The van der Waals surface area contributed by atoms with Gasteiger partial charge < -0.3 is 9.47 Å². The van der Waals surface area contributed by atoms with Gasteiger partial charge in [-0.25, -0.2) is 9.82 Å². The van der Waals surface area contributed by atoms with Crippen LogP contribution in [0.4, 0.5) is 4.39 Å². The third kappa shape index (κ3) is 5.37. The highest BCUT2D eigenvalue weighted by Crippen LogP contribution is 2.21. The molecule has 0 atom stereocenters. The number of benzene rings is 2. The van der Waals surface area contributed by atoms with E-state index in [0.29, 0.717) is 11.3 Å². The predicted octanol–water partition coefficient (Wildman–Crippen LogP) is 3.13. The molecule has 7 heteroatoms. The number of nitrogens with one attached hydrogen (secondary N) is 1. The maximum absolute atomic E-state index is 13.0. The van der Waals surface area contributed by atoms with Gasteiger partial charge in [-0.15, -0.1) is 0 Å². The van der Waals surface area contributed by atoms with E-state index in [2.05, 4.69) is 26.5 Å². The van der Waals surface area contributed by atoms with Gasteiger partial charge in [0.15, 0.2) is 6.61 Å². The molecular formula is C16H14BrFN2O3. The van der Waals surface area contributed by atoms with Crippen molar-refractivity contribution in [3.8, 4) is 11.5 Å². The quantitative estimate of drug-likeness (QED) is 0.618. The molecule has 2 rings (SSSR count). The fourth-order valence-electron chi connectivity index (χ4n) is 1.72. The van der Waals surface area contributed by atoms with Crippen molar-refractivity contribution in [1.82, 2.24) is 5.43 Å². The summed E-state index contributed by atoms with van der Waals surface area (Å²) < 4.78 is 24.2. The Morgan fingerprint density at radius 3 is 2.91 bits per heavy atom. The van der Waals surface area contributed by atoms with Crippen LogP contribution >= 0.6 is 15.9 Å². The Hall–Kier alpha value is -2.41. The van der Waals surface area contributed by atoms with Gasteiger partial charge in [0.2, 0.25) is 0 Å². The van der Waals surface area contributed by atoms with Gasteiger partial charge in [-0.2, -0.15) is 5.10 Å². The van der Waals surface area contributed by atoms with Crippen LogP contribution < -0.4 is 14.9 Å². The first-order valence-corrected chi connectivity index (χ1v) is 7.41. The molecule has 0 aliphatic heterocycles. The zero-order valence-electron chi connectivity index (χ0n) is 12.3. The van der Waals surface area contributed by atoms with Crippen molar-refractivity contribution in [3.05, 3.63) is 58.3 Å². The van der Waals surface area contributed by atoms with Crippen LogP contribution in [0.25, 0.3) is 0 Å². The van der Waals surface area contributed by atoms with Crippen LogP contribution in [0.15, 0.2) is 52.0 Å². The van der Waals surface area contributed by atoms with Crippen LogP contribution in [0.1, 0.15) is 5.56 Å². The molecule has 0 aliphatic rings. The second-order valence-corrected chi connectivity index (χ2v) is 5.34. The Morgan fingerprint density at radius 2 is 2.17 bits per heavy atom. The van der Waals surface area contributed by atoms with Crippen molar-refractivity contribution >= 4 is 28.1 Å². The lowest BCUT2D eigenvalue weighted by atomic mass is 10.2. The molecule has 0 aliphatic carbocycles. The van der Waals surface area contributed by atoms with Gasteiger partial charge in [-0.3, -0.25) is 4.79 Å². The monoisotopic (exact) mass is 380 g/mol. The minimum absolute atomic E-state index is 0.267. The molecule has 0 spiro atoms. The summed E-state index contributed by atoms with van der Waals surface area (Å²) in [6.07, 6.45) is 1.46. The average Bonchev–Trinajstić information content (AvgIpc) is 2.53. The van der Waals surface area contributed by atoms with Crippen LogP contribution in [0, 0.1) is 5.82 Å². The topological polar surface area (TPSA) is 59.9 Å². The first-order valence-electron chi connectivity index (χ1n) is 6.62. The van der Waals surface area contributed by atoms with Crippen LogP contribution in [-0.4, -0.2) is 25.8 Å². The van der Waals surface area contributed by atoms with Gasteiger partial charge in [-0.05, 0) is 30.3 Å². The van der Waals surface area contributed by atoms with E-state index in [1.54, 1.807) is 25.3 Å². The standard InChI is InChI=1S/C16H14BrFN2O3/c1-22-15-6-5-12(17)7-11(15)9-19-20-16(21)10-23-14-4-2-3-13(18)8-14/h2-9H,10H2,1H3,(H,20,21)/b19-9-. The van der Waals surface area contributed by atoms with Crippen molar-refractivity contribution in [1.29, 1.82) is 0 Å². The fourth-order valence-corrected chi connectivity index (χ4v) is 2.10. The molecule has 0 saturated heterocycles.